The number of hydrogen-bond acceptors (Lipinski definition) is 3. The molecule has 27 heavy (non-hydrogen) atoms. The molecular weight excluding hydrogens is 359 g/mol. The van der Waals surface area contributed by atoms with Gasteiger partial charge in [-0.1, -0.05) is 18.2 Å². The summed E-state index contributed by atoms with van der Waals surface area (Å²) in [7, 11) is 1.54. The normalized spacial score (nSPS) is 14.8. The van der Waals surface area contributed by atoms with Crippen LogP contribution in [0.4, 0.5) is 29.3 Å². The van der Waals surface area contributed by atoms with Crippen molar-refractivity contribution in [2.24, 2.45) is 0 Å². The molecule has 5 nitrogen and oxygen atoms in total. The van der Waals surface area contributed by atoms with Crippen molar-refractivity contribution in [3.63, 3.8) is 0 Å². The lowest BCUT2D eigenvalue weighted by Gasteiger charge is -2.37. The van der Waals surface area contributed by atoms with Gasteiger partial charge in [-0.3, -0.25) is 0 Å². The molecule has 0 atom stereocenters. The summed E-state index contributed by atoms with van der Waals surface area (Å²) in [4.78, 5) is 15.7. The van der Waals surface area contributed by atoms with Crippen molar-refractivity contribution in [3.05, 3.63) is 54.1 Å². The van der Waals surface area contributed by atoms with Gasteiger partial charge in [0.25, 0.3) is 0 Å². The molecule has 0 spiro atoms. The van der Waals surface area contributed by atoms with Crippen molar-refractivity contribution < 1.29 is 22.7 Å². The quantitative estimate of drug-likeness (QED) is 0.875. The number of carbonyl (C=O) groups is 1. The van der Waals surface area contributed by atoms with Crippen LogP contribution < -0.4 is 15.0 Å². The lowest BCUT2D eigenvalue weighted by atomic mass is 10.1. The fourth-order valence-electron chi connectivity index (χ4n) is 3.04. The molecule has 1 aliphatic rings. The van der Waals surface area contributed by atoms with Gasteiger partial charge in [-0.05, 0) is 24.3 Å². The molecular formula is C19H20F3N3O2. The number of alkyl halides is 3. The predicted octanol–water partition coefficient (Wildman–Crippen LogP) is 4.07. The summed E-state index contributed by atoms with van der Waals surface area (Å²) in [5.41, 5.74) is 0.0985. The topological polar surface area (TPSA) is 44.8 Å². The maximum Gasteiger partial charge on any atom is 0.418 e. The number of halogens is 3. The molecule has 2 aromatic rings. The van der Waals surface area contributed by atoms with Crippen LogP contribution in [0.3, 0.4) is 0 Å². The van der Waals surface area contributed by atoms with E-state index >= 15 is 0 Å². The molecule has 0 bridgehead atoms. The zero-order valence-corrected chi connectivity index (χ0v) is 14.8. The van der Waals surface area contributed by atoms with Gasteiger partial charge in [-0.25, -0.2) is 4.79 Å². The molecule has 2 amide bonds. The fourth-order valence-corrected chi connectivity index (χ4v) is 3.04. The smallest absolute Gasteiger partial charge is 0.418 e. The number of nitrogens with zero attached hydrogens (tertiary/aromatic N) is 2. The Morgan fingerprint density at radius 1 is 1.04 bits per heavy atom. The van der Waals surface area contributed by atoms with E-state index in [1.54, 1.807) is 47.2 Å². The van der Waals surface area contributed by atoms with Crippen LogP contribution in [-0.4, -0.2) is 44.2 Å². The van der Waals surface area contributed by atoms with E-state index in [4.69, 9.17) is 4.74 Å². The minimum atomic E-state index is -4.41. The summed E-state index contributed by atoms with van der Waals surface area (Å²) in [6.45, 7) is 1.33. The van der Waals surface area contributed by atoms with E-state index in [0.717, 1.165) is 6.07 Å². The van der Waals surface area contributed by atoms with Crippen LogP contribution >= 0.6 is 0 Å². The Labute approximate surface area is 155 Å². The number of piperazine rings is 1. The first-order valence-electron chi connectivity index (χ1n) is 8.49. The van der Waals surface area contributed by atoms with Gasteiger partial charge in [0.15, 0.2) is 0 Å². The highest BCUT2D eigenvalue weighted by Crippen LogP contribution is 2.36. The highest BCUT2D eigenvalue weighted by Gasteiger charge is 2.35. The lowest BCUT2D eigenvalue weighted by Crippen LogP contribution is -2.50. The second-order valence-electron chi connectivity index (χ2n) is 6.15. The van der Waals surface area contributed by atoms with Crippen LogP contribution in [0, 0.1) is 0 Å². The highest BCUT2D eigenvalue weighted by molar-refractivity contribution is 5.89. The van der Waals surface area contributed by atoms with Crippen molar-refractivity contribution in [1.82, 2.24) is 4.90 Å². The van der Waals surface area contributed by atoms with Crippen LogP contribution in [0.2, 0.25) is 0 Å². The van der Waals surface area contributed by atoms with Gasteiger partial charge < -0.3 is 19.9 Å². The molecule has 1 heterocycles. The fraction of sp³-hybridized carbons (Fsp3) is 0.316. The number of amides is 2. The van der Waals surface area contributed by atoms with E-state index < -0.39 is 11.7 Å². The predicted molar refractivity (Wildman–Crippen MR) is 97.2 cm³/mol. The SMILES string of the molecule is COc1cccc(NC(=O)N2CCN(c3ccccc3C(F)(F)F)CC2)c1. The first kappa shape index (κ1) is 18.9. The van der Waals surface area contributed by atoms with E-state index in [2.05, 4.69) is 5.32 Å². The molecule has 8 heteroatoms. The number of rotatable bonds is 3. The Hall–Kier alpha value is -2.90. The summed E-state index contributed by atoms with van der Waals surface area (Å²) in [5, 5.41) is 2.79. The van der Waals surface area contributed by atoms with Gasteiger partial charge >= 0.3 is 12.2 Å². The number of methoxy groups -OCH3 is 1. The Morgan fingerprint density at radius 2 is 1.74 bits per heavy atom. The van der Waals surface area contributed by atoms with Crippen molar-refractivity contribution in [2.45, 2.75) is 6.18 Å². The molecule has 0 radical (unpaired) electrons. The number of benzene rings is 2. The third kappa shape index (κ3) is 4.45. The van der Waals surface area contributed by atoms with Crippen LogP contribution in [0.15, 0.2) is 48.5 Å². The van der Waals surface area contributed by atoms with Gasteiger partial charge in [0.2, 0.25) is 0 Å². The summed E-state index contributed by atoms with van der Waals surface area (Å²) in [6, 6.07) is 12.2. The molecule has 2 aromatic carbocycles. The number of nitrogens with one attached hydrogen (secondary N) is 1. The molecule has 1 fully saturated rings. The van der Waals surface area contributed by atoms with Crippen molar-refractivity contribution in [2.75, 3.05) is 43.5 Å². The van der Waals surface area contributed by atoms with Gasteiger partial charge in [-0.2, -0.15) is 13.2 Å². The van der Waals surface area contributed by atoms with Crippen molar-refractivity contribution in [3.8, 4) is 5.75 Å². The van der Waals surface area contributed by atoms with E-state index in [0.29, 0.717) is 37.6 Å². The van der Waals surface area contributed by atoms with Crippen LogP contribution in [0.25, 0.3) is 0 Å². The monoisotopic (exact) mass is 379 g/mol. The van der Waals surface area contributed by atoms with Crippen molar-refractivity contribution >= 4 is 17.4 Å². The number of carbonyl (C=O) groups excluding carboxylic acids is 1. The van der Waals surface area contributed by atoms with E-state index in [-0.39, 0.29) is 11.7 Å². The average Bonchev–Trinajstić information content (AvgIpc) is 2.67. The maximum atomic E-state index is 13.2. The third-order valence-corrected chi connectivity index (χ3v) is 4.44. The summed E-state index contributed by atoms with van der Waals surface area (Å²) >= 11 is 0. The molecule has 1 saturated heterocycles. The Morgan fingerprint density at radius 3 is 2.41 bits per heavy atom. The lowest BCUT2D eigenvalue weighted by molar-refractivity contribution is -0.137. The Bertz CT molecular complexity index is 803. The molecule has 144 valence electrons. The molecule has 0 saturated carbocycles. The number of anilines is 2. The average molecular weight is 379 g/mol. The Balaban J connectivity index is 1.63. The zero-order chi connectivity index (χ0) is 19.4. The molecule has 0 unspecified atom stereocenters. The zero-order valence-electron chi connectivity index (χ0n) is 14.8. The number of hydrogen-bond donors (Lipinski definition) is 1. The van der Waals surface area contributed by atoms with Gasteiger partial charge in [0.1, 0.15) is 5.75 Å². The first-order valence-corrected chi connectivity index (χ1v) is 8.49. The second-order valence-corrected chi connectivity index (χ2v) is 6.15. The van der Waals surface area contributed by atoms with E-state index in [1.165, 1.54) is 12.1 Å². The summed E-state index contributed by atoms with van der Waals surface area (Å²) in [6.07, 6.45) is -4.41. The minimum absolute atomic E-state index is 0.151. The molecule has 0 aromatic heterocycles. The van der Waals surface area contributed by atoms with E-state index in [1.807, 2.05) is 0 Å². The molecule has 1 N–H and O–H groups in total. The second kappa shape index (κ2) is 7.77. The molecule has 0 aliphatic carbocycles. The number of urea groups is 1. The van der Waals surface area contributed by atoms with Gasteiger partial charge in [0.05, 0.1) is 12.7 Å². The Kier molecular flexibility index (Phi) is 5.43. The standard InChI is InChI=1S/C19H20F3N3O2/c1-27-15-6-4-5-14(13-15)23-18(26)25-11-9-24(10-12-25)17-8-3-2-7-16(17)19(20,21)22/h2-8,13H,9-12H2,1H3,(H,23,26). The van der Waals surface area contributed by atoms with E-state index in [9.17, 15) is 18.0 Å². The third-order valence-electron chi connectivity index (χ3n) is 4.44. The van der Waals surface area contributed by atoms with Crippen LogP contribution in [-0.2, 0) is 6.18 Å². The summed E-state index contributed by atoms with van der Waals surface area (Å²) in [5.74, 6) is 0.626. The van der Waals surface area contributed by atoms with Crippen LogP contribution in [0.5, 0.6) is 5.75 Å². The summed E-state index contributed by atoms with van der Waals surface area (Å²) < 4.78 is 44.7. The minimum Gasteiger partial charge on any atom is -0.497 e. The molecule has 1 aliphatic heterocycles. The highest BCUT2D eigenvalue weighted by atomic mass is 19.4. The van der Waals surface area contributed by atoms with Crippen molar-refractivity contribution in [1.29, 1.82) is 0 Å². The van der Waals surface area contributed by atoms with Crippen LogP contribution in [0.1, 0.15) is 5.56 Å². The number of para-hydroxylation sites is 1. The maximum absolute atomic E-state index is 13.2. The number of ether oxygens (including phenoxy) is 1. The van der Waals surface area contributed by atoms with Gasteiger partial charge in [-0.15, -0.1) is 0 Å². The first-order chi connectivity index (χ1) is 12.9. The molecule has 3 rings (SSSR count). The largest absolute Gasteiger partial charge is 0.497 e. The van der Waals surface area contributed by atoms with Gasteiger partial charge in [0, 0.05) is 43.6 Å².